The van der Waals surface area contributed by atoms with Gasteiger partial charge in [-0.15, -0.1) is 0 Å². The SMILES string of the molecule is CNC(C)c1ccc(N2CCN(C)C(=O)C2)c(Br)c1. The van der Waals surface area contributed by atoms with Gasteiger partial charge in [-0.1, -0.05) is 6.07 Å². The lowest BCUT2D eigenvalue weighted by atomic mass is 10.1. The number of halogens is 1. The first-order valence-electron chi connectivity index (χ1n) is 6.48. The maximum atomic E-state index is 11.8. The number of piperazine rings is 1. The van der Waals surface area contributed by atoms with Crippen LogP contribution in [0.3, 0.4) is 0 Å². The minimum atomic E-state index is 0.172. The molecule has 1 atom stereocenters. The number of likely N-dealkylation sites (N-methyl/N-ethyl adjacent to an activating group) is 1. The van der Waals surface area contributed by atoms with Crippen LogP contribution in [0, 0.1) is 0 Å². The van der Waals surface area contributed by atoms with Crippen LogP contribution in [0.1, 0.15) is 18.5 Å². The molecule has 1 heterocycles. The zero-order valence-electron chi connectivity index (χ0n) is 11.6. The Labute approximate surface area is 122 Å². The fraction of sp³-hybridized carbons (Fsp3) is 0.500. The smallest absolute Gasteiger partial charge is 0.241 e. The van der Waals surface area contributed by atoms with Crippen molar-refractivity contribution in [3.8, 4) is 0 Å². The topological polar surface area (TPSA) is 35.6 Å². The quantitative estimate of drug-likeness (QED) is 0.923. The van der Waals surface area contributed by atoms with E-state index in [-0.39, 0.29) is 5.91 Å². The number of amides is 1. The van der Waals surface area contributed by atoms with Crippen LogP contribution >= 0.6 is 15.9 Å². The third kappa shape index (κ3) is 3.09. The lowest BCUT2D eigenvalue weighted by molar-refractivity contribution is -0.129. The first kappa shape index (κ1) is 14.3. The highest BCUT2D eigenvalue weighted by molar-refractivity contribution is 9.10. The molecule has 1 saturated heterocycles. The molecule has 1 aliphatic rings. The molecule has 19 heavy (non-hydrogen) atoms. The molecule has 4 nitrogen and oxygen atoms in total. The Morgan fingerprint density at radius 3 is 2.68 bits per heavy atom. The van der Waals surface area contributed by atoms with Crippen molar-refractivity contribution in [2.24, 2.45) is 0 Å². The normalized spacial score (nSPS) is 17.8. The van der Waals surface area contributed by atoms with E-state index in [2.05, 4.69) is 51.3 Å². The van der Waals surface area contributed by atoms with Crippen molar-refractivity contribution in [1.29, 1.82) is 0 Å². The summed E-state index contributed by atoms with van der Waals surface area (Å²) in [5.74, 6) is 0.172. The van der Waals surface area contributed by atoms with Crippen molar-refractivity contribution >= 4 is 27.5 Å². The van der Waals surface area contributed by atoms with E-state index in [1.165, 1.54) is 5.56 Å². The van der Waals surface area contributed by atoms with E-state index in [1.807, 2.05) is 14.1 Å². The lowest BCUT2D eigenvalue weighted by Crippen LogP contribution is -2.48. The summed E-state index contributed by atoms with van der Waals surface area (Å²) < 4.78 is 1.05. The summed E-state index contributed by atoms with van der Waals surface area (Å²) in [4.78, 5) is 15.7. The summed E-state index contributed by atoms with van der Waals surface area (Å²) in [6, 6.07) is 6.65. The average molecular weight is 326 g/mol. The van der Waals surface area contributed by atoms with Crippen LogP contribution in [0.25, 0.3) is 0 Å². The summed E-state index contributed by atoms with van der Waals surface area (Å²) >= 11 is 3.62. The van der Waals surface area contributed by atoms with Crippen molar-refractivity contribution in [3.63, 3.8) is 0 Å². The van der Waals surface area contributed by atoms with Gasteiger partial charge in [0.05, 0.1) is 12.2 Å². The Bertz CT molecular complexity index is 478. The number of hydrogen-bond acceptors (Lipinski definition) is 3. The second kappa shape index (κ2) is 5.92. The van der Waals surface area contributed by atoms with Crippen LogP contribution in [-0.4, -0.2) is 44.5 Å². The Hall–Kier alpha value is -1.07. The summed E-state index contributed by atoms with van der Waals surface area (Å²) in [5.41, 5.74) is 2.33. The number of hydrogen-bond donors (Lipinski definition) is 1. The Balaban J connectivity index is 2.19. The zero-order valence-corrected chi connectivity index (χ0v) is 13.2. The van der Waals surface area contributed by atoms with E-state index in [9.17, 15) is 4.79 Å². The predicted octanol–water partition coefficient (Wildman–Crippen LogP) is 2.01. The Morgan fingerprint density at radius 1 is 1.37 bits per heavy atom. The van der Waals surface area contributed by atoms with Crippen LogP contribution in [0.4, 0.5) is 5.69 Å². The minimum absolute atomic E-state index is 0.172. The predicted molar refractivity (Wildman–Crippen MR) is 81.5 cm³/mol. The molecule has 0 aromatic heterocycles. The number of rotatable bonds is 3. The maximum Gasteiger partial charge on any atom is 0.241 e. The molecule has 104 valence electrons. The molecule has 5 heteroatoms. The van der Waals surface area contributed by atoms with E-state index < -0.39 is 0 Å². The molecule has 1 amide bonds. The Morgan fingerprint density at radius 2 is 2.11 bits per heavy atom. The molecule has 1 N–H and O–H groups in total. The average Bonchev–Trinajstić information content (AvgIpc) is 2.41. The van der Waals surface area contributed by atoms with Gasteiger partial charge < -0.3 is 15.1 Å². The molecule has 0 aliphatic carbocycles. The first-order chi connectivity index (χ1) is 9.02. The van der Waals surface area contributed by atoms with Gasteiger partial charge >= 0.3 is 0 Å². The number of carbonyl (C=O) groups excluding carboxylic acids is 1. The van der Waals surface area contributed by atoms with Crippen LogP contribution in [0.5, 0.6) is 0 Å². The second-order valence-electron chi connectivity index (χ2n) is 4.96. The van der Waals surface area contributed by atoms with Gasteiger partial charge in [0.2, 0.25) is 5.91 Å². The fourth-order valence-electron chi connectivity index (χ4n) is 2.18. The molecule has 1 aromatic carbocycles. The summed E-state index contributed by atoms with van der Waals surface area (Å²) in [6.07, 6.45) is 0. The molecule has 0 spiro atoms. The monoisotopic (exact) mass is 325 g/mol. The third-order valence-electron chi connectivity index (χ3n) is 3.70. The molecular formula is C14H20BrN3O. The molecule has 1 unspecified atom stereocenters. The van der Waals surface area contributed by atoms with Crippen molar-refractivity contribution in [2.45, 2.75) is 13.0 Å². The van der Waals surface area contributed by atoms with Gasteiger partial charge in [0.15, 0.2) is 0 Å². The molecule has 2 rings (SSSR count). The van der Waals surface area contributed by atoms with Crippen molar-refractivity contribution in [2.75, 3.05) is 38.6 Å². The van der Waals surface area contributed by atoms with Crippen molar-refractivity contribution in [3.05, 3.63) is 28.2 Å². The number of carbonyl (C=O) groups is 1. The fourth-order valence-corrected chi connectivity index (χ4v) is 2.83. The molecule has 0 saturated carbocycles. The number of anilines is 1. The van der Waals surface area contributed by atoms with E-state index in [0.717, 1.165) is 23.2 Å². The van der Waals surface area contributed by atoms with Crippen LogP contribution in [0.15, 0.2) is 22.7 Å². The van der Waals surface area contributed by atoms with Gasteiger partial charge in [-0.2, -0.15) is 0 Å². The summed E-state index contributed by atoms with van der Waals surface area (Å²) in [6.45, 7) is 4.23. The maximum absolute atomic E-state index is 11.8. The lowest BCUT2D eigenvalue weighted by Gasteiger charge is -2.34. The number of nitrogens with one attached hydrogen (secondary N) is 1. The molecule has 1 aliphatic heterocycles. The van der Waals surface area contributed by atoms with Gasteiger partial charge in [0.1, 0.15) is 0 Å². The molecule has 1 aromatic rings. The largest absolute Gasteiger partial charge is 0.360 e. The molecule has 0 bridgehead atoms. The third-order valence-corrected chi connectivity index (χ3v) is 4.34. The van der Waals surface area contributed by atoms with E-state index >= 15 is 0 Å². The van der Waals surface area contributed by atoms with Crippen molar-refractivity contribution < 1.29 is 4.79 Å². The standard InChI is InChI=1S/C14H20BrN3O/c1-10(16-2)11-4-5-13(12(15)8-11)18-7-6-17(3)14(19)9-18/h4-5,8,10,16H,6-7,9H2,1-3H3. The van der Waals surface area contributed by atoms with Gasteiger partial charge in [-0.3, -0.25) is 4.79 Å². The molecular weight excluding hydrogens is 306 g/mol. The number of benzene rings is 1. The second-order valence-corrected chi connectivity index (χ2v) is 5.81. The molecule has 0 radical (unpaired) electrons. The highest BCUT2D eigenvalue weighted by atomic mass is 79.9. The zero-order chi connectivity index (χ0) is 14.0. The highest BCUT2D eigenvalue weighted by Gasteiger charge is 2.22. The number of nitrogens with zero attached hydrogens (tertiary/aromatic N) is 2. The minimum Gasteiger partial charge on any atom is -0.360 e. The van der Waals surface area contributed by atoms with Crippen LogP contribution < -0.4 is 10.2 Å². The molecule has 1 fully saturated rings. The van der Waals surface area contributed by atoms with Gasteiger partial charge in [-0.05, 0) is 47.6 Å². The van der Waals surface area contributed by atoms with Gasteiger partial charge in [0, 0.05) is 30.7 Å². The van der Waals surface area contributed by atoms with E-state index in [1.54, 1.807) is 4.90 Å². The summed E-state index contributed by atoms with van der Waals surface area (Å²) in [7, 11) is 3.80. The van der Waals surface area contributed by atoms with E-state index in [4.69, 9.17) is 0 Å². The first-order valence-corrected chi connectivity index (χ1v) is 7.28. The Kier molecular flexibility index (Phi) is 4.47. The van der Waals surface area contributed by atoms with Crippen molar-refractivity contribution in [1.82, 2.24) is 10.2 Å². The van der Waals surface area contributed by atoms with E-state index in [0.29, 0.717) is 12.6 Å². The van der Waals surface area contributed by atoms with Gasteiger partial charge in [-0.25, -0.2) is 0 Å². The van der Waals surface area contributed by atoms with Gasteiger partial charge in [0.25, 0.3) is 0 Å². The highest BCUT2D eigenvalue weighted by Crippen LogP contribution is 2.30. The summed E-state index contributed by atoms with van der Waals surface area (Å²) in [5, 5.41) is 3.23. The van der Waals surface area contributed by atoms with Crippen LogP contribution in [-0.2, 0) is 4.79 Å². The van der Waals surface area contributed by atoms with Crippen LogP contribution in [0.2, 0.25) is 0 Å².